The molecule has 0 bridgehead atoms. The van der Waals surface area contributed by atoms with Crippen LogP contribution in [0.25, 0.3) is 5.69 Å². The molecule has 2 aromatic carbocycles. The number of hydrogen-bond donors (Lipinski definition) is 2. The van der Waals surface area contributed by atoms with E-state index in [0.717, 1.165) is 41.8 Å². The molecule has 0 fully saturated rings. The van der Waals surface area contributed by atoms with E-state index in [1.54, 1.807) is 7.11 Å². The molecule has 0 spiro atoms. The van der Waals surface area contributed by atoms with Gasteiger partial charge in [0, 0.05) is 19.2 Å². The maximum atomic E-state index is 6.00. The summed E-state index contributed by atoms with van der Waals surface area (Å²) in [7, 11) is 1.66. The monoisotopic (exact) mass is 533 g/mol. The number of aliphatic imine (C=N–C) groups is 1. The Labute approximate surface area is 199 Å². The van der Waals surface area contributed by atoms with Gasteiger partial charge in [-0.05, 0) is 48.9 Å². The maximum Gasteiger partial charge on any atom is 0.191 e. The highest BCUT2D eigenvalue weighted by Gasteiger charge is 2.22. The summed E-state index contributed by atoms with van der Waals surface area (Å²) in [6.07, 6.45) is 2.96. The zero-order chi connectivity index (χ0) is 20.8. The molecule has 31 heavy (non-hydrogen) atoms. The molecule has 7 nitrogen and oxygen atoms in total. The molecule has 1 unspecified atom stereocenters. The number of para-hydroxylation sites is 1. The summed E-state index contributed by atoms with van der Waals surface area (Å²) in [4.78, 5) is 4.67. The van der Waals surface area contributed by atoms with Gasteiger partial charge in [-0.2, -0.15) is 5.10 Å². The Hall–Kier alpha value is -2.75. The van der Waals surface area contributed by atoms with Crippen LogP contribution in [-0.2, 0) is 13.0 Å². The van der Waals surface area contributed by atoms with Crippen LogP contribution in [0.2, 0.25) is 0 Å². The van der Waals surface area contributed by atoms with Crippen LogP contribution in [0.1, 0.15) is 18.2 Å². The van der Waals surface area contributed by atoms with Crippen molar-refractivity contribution in [3.8, 4) is 17.2 Å². The van der Waals surface area contributed by atoms with Crippen molar-refractivity contribution in [1.82, 2.24) is 20.4 Å². The topological polar surface area (TPSA) is 72.7 Å². The van der Waals surface area contributed by atoms with Crippen molar-refractivity contribution >= 4 is 29.9 Å². The van der Waals surface area contributed by atoms with Gasteiger partial charge in [-0.25, -0.2) is 9.67 Å². The molecule has 2 N–H and O–H groups in total. The molecule has 0 saturated heterocycles. The van der Waals surface area contributed by atoms with Gasteiger partial charge in [-0.3, -0.25) is 0 Å². The minimum absolute atomic E-state index is 0. The van der Waals surface area contributed by atoms with Crippen molar-refractivity contribution in [2.75, 3.05) is 20.2 Å². The second-order valence-electron chi connectivity index (χ2n) is 7.08. The van der Waals surface area contributed by atoms with Crippen LogP contribution in [0.4, 0.5) is 0 Å². The molecule has 0 amide bonds. The van der Waals surface area contributed by atoms with Gasteiger partial charge in [0.1, 0.15) is 17.6 Å². The van der Waals surface area contributed by atoms with Gasteiger partial charge in [0.15, 0.2) is 5.96 Å². The second kappa shape index (κ2) is 11.0. The highest BCUT2D eigenvalue weighted by molar-refractivity contribution is 14.0. The molecule has 1 atom stereocenters. The van der Waals surface area contributed by atoms with E-state index in [0.29, 0.717) is 13.1 Å². The van der Waals surface area contributed by atoms with Gasteiger partial charge in [-0.15, -0.1) is 24.0 Å². The van der Waals surface area contributed by atoms with Crippen LogP contribution < -0.4 is 20.1 Å². The maximum absolute atomic E-state index is 6.00. The lowest BCUT2D eigenvalue weighted by Crippen LogP contribution is -2.42. The first kappa shape index (κ1) is 22.9. The van der Waals surface area contributed by atoms with Gasteiger partial charge < -0.3 is 20.1 Å². The highest BCUT2D eigenvalue weighted by Crippen LogP contribution is 2.27. The van der Waals surface area contributed by atoms with E-state index in [2.05, 4.69) is 39.8 Å². The number of ether oxygens (including phenoxy) is 2. The molecule has 3 aromatic rings. The molecule has 1 aromatic heterocycles. The lowest BCUT2D eigenvalue weighted by molar-refractivity contribution is 0.235. The largest absolute Gasteiger partial charge is 0.497 e. The van der Waals surface area contributed by atoms with E-state index in [-0.39, 0.29) is 30.1 Å². The van der Waals surface area contributed by atoms with Gasteiger partial charge in [-0.1, -0.05) is 18.2 Å². The summed E-state index contributed by atoms with van der Waals surface area (Å²) in [5.74, 6) is 2.57. The van der Waals surface area contributed by atoms with Gasteiger partial charge >= 0.3 is 0 Å². The van der Waals surface area contributed by atoms with Crippen LogP contribution in [0.5, 0.6) is 11.5 Å². The SMILES string of the molecule is CCNC(=NCc1ccn(-c2ccc(OC)cc2)n1)NCC1Cc2ccccc2O1.I. The molecule has 1 aliphatic heterocycles. The molecular formula is C23H28IN5O2. The van der Waals surface area contributed by atoms with E-state index < -0.39 is 0 Å². The predicted molar refractivity (Wildman–Crippen MR) is 133 cm³/mol. The van der Waals surface area contributed by atoms with Crippen LogP contribution in [-0.4, -0.2) is 42.0 Å². The molecule has 4 rings (SSSR count). The van der Waals surface area contributed by atoms with Gasteiger partial charge in [0.2, 0.25) is 0 Å². The molecule has 8 heteroatoms. The Morgan fingerprint density at radius 1 is 1.16 bits per heavy atom. The van der Waals surface area contributed by atoms with Crippen LogP contribution in [0, 0.1) is 0 Å². The summed E-state index contributed by atoms with van der Waals surface area (Å²) in [5, 5.41) is 11.3. The Balaban J connectivity index is 0.00000272. The van der Waals surface area contributed by atoms with E-state index >= 15 is 0 Å². The first-order valence-electron chi connectivity index (χ1n) is 10.2. The number of nitrogens with one attached hydrogen (secondary N) is 2. The van der Waals surface area contributed by atoms with Crippen LogP contribution in [0.3, 0.4) is 0 Å². The fourth-order valence-electron chi connectivity index (χ4n) is 3.40. The predicted octanol–water partition coefficient (Wildman–Crippen LogP) is 3.56. The Morgan fingerprint density at radius 2 is 1.97 bits per heavy atom. The third kappa shape index (κ3) is 5.90. The molecule has 1 aliphatic rings. The molecule has 0 aliphatic carbocycles. The standard InChI is InChI=1S/C23H27N5O2.HI/c1-3-24-23(26-16-21-14-17-6-4-5-7-22(17)30-21)25-15-18-12-13-28(27-18)19-8-10-20(29-2)11-9-19;/h4-13,21H,3,14-16H2,1-2H3,(H2,24,25,26);1H. The van der Waals surface area contributed by atoms with Crippen molar-refractivity contribution < 1.29 is 9.47 Å². The van der Waals surface area contributed by atoms with Crippen molar-refractivity contribution in [3.05, 3.63) is 72.1 Å². The van der Waals surface area contributed by atoms with Crippen molar-refractivity contribution in [2.24, 2.45) is 4.99 Å². The number of guanidine groups is 1. The quantitative estimate of drug-likeness (QED) is 0.276. The zero-order valence-corrected chi connectivity index (χ0v) is 20.1. The third-order valence-electron chi connectivity index (χ3n) is 4.94. The number of fused-ring (bicyclic) bond motifs is 1. The second-order valence-corrected chi connectivity index (χ2v) is 7.08. The number of aromatic nitrogens is 2. The summed E-state index contributed by atoms with van der Waals surface area (Å²) >= 11 is 0. The van der Waals surface area contributed by atoms with Crippen molar-refractivity contribution in [3.63, 3.8) is 0 Å². The number of methoxy groups -OCH3 is 1. The fourth-order valence-corrected chi connectivity index (χ4v) is 3.40. The Kier molecular flexibility index (Phi) is 8.16. The smallest absolute Gasteiger partial charge is 0.191 e. The highest BCUT2D eigenvalue weighted by atomic mass is 127. The van der Waals surface area contributed by atoms with Gasteiger partial charge in [0.25, 0.3) is 0 Å². The van der Waals surface area contributed by atoms with Crippen molar-refractivity contribution in [2.45, 2.75) is 26.0 Å². The number of benzene rings is 2. The average Bonchev–Trinajstić information content (AvgIpc) is 3.42. The van der Waals surface area contributed by atoms with E-state index in [1.165, 1.54) is 5.56 Å². The summed E-state index contributed by atoms with van der Waals surface area (Å²) in [6.45, 7) is 4.03. The lowest BCUT2D eigenvalue weighted by Gasteiger charge is -2.15. The molecule has 164 valence electrons. The zero-order valence-electron chi connectivity index (χ0n) is 17.7. The Morgan fingerprint density at radius 3 is 2.71 bits per heavy atom. The minimum atomic E-state index is 0. The molecule has 0 saturated carbocycles. The summed E-state index contributed by atoms with van der Waals surface area (Å²) < 4.78 is 13.0. The molecule has 2 heterocycles. The number of rotatable bonds is 7. The first-order chi connectivity index (χ1) is 14.7. The molecule has 0 radical (unpaired) electrons. The van der Waals surface area contributed by atoms with Crippen LogP contribution >= 0.6 is 24.0 Å². The first-order valence-corrected chi connectivity index (χ1v) is 10.2. The van der Waals surface area contributed by atoms with Crippen molar-refractivity contribution in [1.29, 1.82) is 0 Å². The summed E-state index contributed by atoms with van der Waals surface area (Å²) in [6, 6.07) is 18.0. The Bertz CT molecular complexity index is 978. The van der Waals surface area contributed by atoms with E-state index in [4.69, 9.17) is 9.47 Å². The lowest BCUT2D eigenvalue weighted by atomic mass is 10.1. The number of nitrogens with zero attached hydrogens (tertiary/aromatic N) is 3. The minimum Gasteiger partial charge on any atom is -0.497 e. The van der Waals surface area contributed by atoms with E-state index in [9.17, 15) is 0 Å². The van der Waals surface area contributed by atoms with Gasteiger partial charge in [0.05, 0.1) is 31.6 Å². The van der Waals surface area contributed by atoms with Crippen LogP contribution in [0.15, 0.2) is 65.8 Å². The third-order valence-corrected chi connectivity index (χ3v) is 4.94. The number of halogens is 1. The molecular weight excluding hydrogens is 505 g/mol. The fraction of sp³-hybridized carbons (Fsp3) is 0.304. The summed E-state index contributed by atoms with van der Waals surface area (Å²) in [5.41, 5.74) is 3.14. The number of hydrogen-bond acceptors (Lipinski definition) is 4. The average molecular weight is 533 g/mol. The van der Waals surface area contributed by atoms with E-state index in [1.807, 2.05) is 53.3 Å². The normalized spacial score (nSPS) is 14.9.